The molecule has 0 amide bonds. The molecule has 0 unspecified atom stereocenters. The number of hydrogen-bond acceptors (Lipinski definition) is 4. The first-order chi connectivity index (χ1) is 8.66. The third-order valence-corrected chi connectivity index (χ3v) is 3.83. The van der Waals surface area contributed by atoms with Gasteiger partial charge in [-0.25, -0.2) is 0 Å². The summed E-state index contributed by atoms with van der Waals surface area (Å²) in [7, 11) is 0. The van der Waals surface area contributed by atoms with Crippen LogP contribution in [0.15, 0.2) is 17.5 Å². The highest BCUT2D eigenvalue weighted by Crippen LogP contribution is 2.17. The van der Waals surface area contributed by atoms with Gasteiger partial charge in [-0.05, 0) is 44.3 Å². The number of nitrogens with zero attached hydrogens (tertiary/aromatic N) is 2. The summed E-state index contributed by atoms with van der Waals surface area (Å²) in [5.74, 6) is 0. The molecule has 3 N–H and O–H groups in total. The minimum absolute atomic E-state index is 0.862. The van der Waals surface area contributed by atoms with Gasteiger partial charge in [0.05, 0.1) is 5.69 Å². The fourth-order valence-corrected chi connectivity index (χ4v) is 2.72. The fourth-order valence-electron chi connectivity index (χ4n) is 1.95. The van der Waals surface area contributed by atoms with Gasteiger partial charge in [0.1, 0.15) is 0 Å². The number of nitrogens with one attached hydrogen (secondary N) is 1. The van der Waals surface area contributed by atoms with Crippen molar-refractivity contribution < 1.29 is 0 Å². The first kappa shape index (κ1) is 13.1. The van der Waals surface area contributed by atoms with Gasteiger partial charge < -0.3 is 11.1 Å². The molecule has 0 atom stereocenters. The van der Waals surface area contributed by atoms with E-state index in [-0.39, 0.29) is 0 Å². The molecule has 0 aliphatic carbocycles. The summed E-state index contributed by atoms with van der Waals surface area (Å²) in [5, 5.41) is 9.89. The lowest BCUT2D eigenvalue weighted by atomic mass is 10.3. The molecule has 2 aromatic rings. The zero-order valence-electron chi connectivity index (χ0n) is 10.9. The molecule has 4 nitrogen and oxygen atoms in total. The zero-order valence-corrected chi connectivity index (χ0v) is 11.8. The van der Waals surface area contributed by atoms with Crippen molar-refractivity contribution in [1.29, 1.82) is 0 Å². The minimum Gasteiger partial charge on any atom is -0.398 e. The lowest BCUT2D eigenvalue weighted by Gasteiger charge is -2.06. The summed E-state index contributed by atoms with van der Waals surface area (Å²) >= 11 is 1.70. The number of aromatic nitrogens is 2. The maximum atomic E-state index is 5.83. The molecule has 2 heterocycles. The monoisotopic (exact) mass is 264 g/mol. The van der Waals surface area contributed by atoms with Crippen molar-refractivity contribution in [1.82, 2.24) is 15.1 Å². The van der Waals surface area contributed by atoms with Crippen LogP contribution in [-0.4, -0.2) is 16.3 Å². The molecule has 0 bridgehead atoms. The highest BCUT2D eigenvalue weighted by atomic mass is 32.1. The van der Waals surface area contributed by atoms with Crippen LogP contribution in [0.1, 0.15) is 22.7 Å². The topological polar surface area (TPSA) is 55.9 Å². The highest BCUT2D eigenvalue weighted by Gasteiger charge is 2.01. The molecule has 0 aliphatic rings. The summed E-state index contributed by atoms with van der Waals surface area (Å²) in [6.45, 7) is 6.93. The zero-order chi connectivity index (χ0) is 13.0. The third kappa shape index (κ3) is 3.34. The SMILES string of the molecule is Cc1cc(C)n(CCCNCc2sccc2N)n1. The van der Waals surface area contributed by atoms with E-state index in [1.165, 1.54) is 10.6 Å². The molecule has 0 radical (unpaired) electrons. The second-order valence-corrected chi connectivity index (χ2v) is 5.48. The predicted molar refractivity (Wildman–Crippen MR) is 76.8 cm³/mol. The molecule has 2 aromatic heterocycles. The van der Waals surface area contributed by atoms with E-state index in [2.05, 4.69) is 28.1 Å². The summed E-state index contributed by atoms with van der Waals surface area (Å²) in [6, 6.07) is 4.07. The Morgan fingerprint density at radius 3 is 2.89 bits per heavy atom. The Kier molecular flexibility index (Phi) is 4.38. The molecular weight excluding hydrogens is 244 g/mol. The fraction of sp³-hybridized carbons (Fsp3) is 0.462. The molecule has 0 saturated heterocycles. The number of rotatable bonds is 6. The molecule has 0 aromatic carbocycles. The Bertz CT molecular complexity index is 501. The van der Waals surface area contributed by atoms with E-state index in [0.29, 0.717) is 0 Å². The van der Waals surface area contributed by atoms with E-state index in [4.69, 9.17) is 5.73 Å². The molecular formula is C13H20N4S. The van der Waals surface area contributed by atoms with Crippen LogP contribution in [0, 0.1) is 13.8 Å². The second-order valence-electron chi connectivity index (χ2n) is 4.48. The van der Waals surface area contributed by atoms with Gasteiger partial charge in [0, 0.05) is 29.3 Å². The van der Waals surface area contributed by atoms with Gasteiger partial charge >= 0.3 is 0 Å². The Morgan fingerprint density at radius 1 is 1.44 bits per heavy atom. The molecule has 2 rings (SSSR count). The van der Waals surface area contributed by atoms with Gasteiger partial charge in [0.15, 0.2) is 0 Å². The largest absolute Gasteiger partial charge is 0.398 e. The van der Waals surface area contributed by atoms with Crippen molar-refractivity contribution in [2.45, 2.75) is 33.4 Å². The van der Waals surface area contributed by atoms with Gasteiger partial charge in [-0.15, -0.1) is 11.3 Å². The Labute approximate surface area is 112 Å². The van der Waals surface area contributed by atoms with Crippen molar-refractivity contribution >= 4 is 17.0 Å². The number of aryl methyl sites for hydroxylation is 3. The average molecular weight is 264 g/mol. The van der Waals surface area contributed by atoms with Crippen LogP contribution in [0.2, 0.25) is 0 Å². The summed E-state index contributed by atoms with van der Waals surface area (Å²) in [6.07, 6.45) is 1.08. The van der Waals surface area contributed by atoms with E-state index in [1.807, 2.05) is 18.4 Å². The molecule has 0 spiro atoms. The van der Waals surface area contributed by atoms with Crippen LogP contribution >= 0.6 is 11.3 Å². The Balaban J connectivity index is 1.67. The number of nitrogen functional groups attached to an aromatic ring is 1. The standard InChI is InChI=1S/C13H20N4S/c1-10-8-11(2)17(16-10)6-3-5-15-9-13-12(14)4-7-18-13/h4,7-8,15H,3,5-6,9,14H2,1-2H3. The van der Waals surface area contributed by atoms with E-state index in [1.54, 1.807) is 11.3 Å². The van der Waals surface area contributed by atoms with E-state index < -0.39 is 0 Å². The smallest absolute Gasteiger partial charge is 0.0596 e. The molecule has 98 valence electrons. The van der Waals surface area contributed by atoms with E-state index in [9.17, 15) is 0 Å². The molecule has 18 heavy (non-hydrogen) atoms. The molecule has 0 saturated carbocycles. The Morgan fingerprint density at radius 2 is 2.28 bits per heavy atom. The highest BCUT2D eigenvalue weighted by molar-refractivity contribution is 7.10. The van der Waals surface area contributed by atoms with Crippen molar-refractivity contribution in [3.63, 3.8) is 0 Å². The minimum atomic E-state index is 0.862. The van der Waals surface area contributed by atoms with Gasteiger partial charge in [-0.2, -0.15) is 5.10 Å². The maximum Gasteiger partial charge on any atom is 0.0596 e. The van der Waals surface area contributed by atoms with E-state index >= 15 is 0 Å². The summed E-state index contributed by atoms with van der Waals surface area (Å²) in [4.78, 5) is 1.22. The summed E-state index contributed by atoms with van der Waals surface area (Å²) in [5.41, 5.74) is 9.04. The lowest BCUT2D eigenvalue weighted by Crippen LogP contribution is -2.17. The predicted octanol–water partition coefficient (Wildman–Crippen LogP) is 2.32. The van der Waals surface area contributed by atoms with Gasteiger partial charge in [0.25, 0.3) is 0 Å². The number of thiophene rings is 1. The van der Waals surface area contributed by atoms with Crippen molar-refractivity contribution in [2.24, 2.45) is 0 Å². The molecule has 0 aliphatic heterocycles. The second kappa shape index (κ2) is 6.02. The number of nitrogens with two attached hydrogens (primary N) is 1. The summed E-state index contributed by atoms with van der Waals surface area (Å²) < 4.78 is 2.07. The normalized spacial score (nSPS) is 11.0. The van der Waals surface area contributed by atoms with E-state index in [0.717, 1.165) is 37.4 Å². The van der Waals surface area contributed by atoms with Crippen LogP contribution in [0.4, 0.5) is 5.69 Å². The van der Waals surface area contributed by atoms with Gasteiger partial charge in [0.2, 0.25) is 0 Å². The van der Waals surface area contributed by atoms with Gasteiger partial charge in [-0.3, -0.25) is 4.68 Å². The Hall–Kier alpha value is -1.33. The van der Waals surface area contributed by atoms with Crippen LogP contribution < -0.4 is 11.1 Å². The van der Waals surface area contributed by atoms with Crippen molar-refractivity contribution in [3.05, 3.63) is 33.8 Å². The first-order valence-corrected chi connectivity index (χ1v) is 7.08. The molecule has 0 fully saturated rings. The first-order valence-electron chi connectivity index (χ1n) is 6.20. The third-order valence-electron chi connectivity index (χ3n) is 2.89. The van der Waals surface area contributed by atoms with Crippen LogP contribution in [0.25, 0.3) is 0 Å². The maximum absolute atomic E-state index is 5.83. The molecule has 5 heteroatoms. The van der Waals surface area contributed by atoms with Crippen LogP contribution in [0.5, 0.6) is 0 Å². The van der Waals surface area contributed by atoms with Crippen molar-refractivity contribution in [2.75, 3.05) is 12.3 Å². The lowest BCUT2D eigenvalue weighted by molar-refractivity contribution is 0.533. The van der Waals surface area contributed by atoms with Crippen molar-refractivity contribution in [3.8, 4) is 0 Å². The average Bonchev–Trinajstić information content (AvgIpc) is 2.86. The number of anilines is 1. The van der Waals surface area contributed by atoms with Gasteiger partial charge in [-0.1, -0.05) is 0 Å². The van der Waals surface area contributed by atoms with Crippen LogP contribution in [0.3, 0.4) is 0 Å². The number of hydrogen-bond donors (Lipinski definition) is 2. The van der Waals surface area contributed by atoms with Crippen LogP contribution in [-0.2, 0) is 13.1 Å². The quantitative estimate of drug-likeness (QED) is 0.787.